The summed E-state index contributed by atoms with van der Waals surface area (Å²) < 4.78 is 1.56. The van der Waals surface area contributed by atoms with Gasteiger partial charge in [-0.1, -0.05) is 22.6 Å². The average molecular weight is 177 g/mol. The highest BCUT2D eigenvalue weighted by molar-refractivity contribution is 6.72. The summed E-state index contributed by atoms with van der Waals surface area (Å²) in [5.41, 5.74) is 1.39. The van der Waals surface area contributed by atoms with Crippen molar-refractivity contribution in [3.63, 3.8) is 0 Å². The highest BCUT2D eigenvalue weighted by Crippen LogP contribution is 2.07. The molecule has 64 valence electrons. The molecular formula is C10H16AlN. The number of hydrogen-bond acceptors (Lipinski definition) is 1. The van der Waals surface area contributed by atoms with E-state index in [0.29, 0.717) is 0 Å². The van der Waals surface area contributed by atoms with Crippen molar-refractivity contribution in [3.05, 3.63) is 24.3 Å². The number of anilines is 1. The molecule has 0 bridgehead atoms. The summed E-state index contributed by atoms with van der Waals surface area (Å²) in [6, 6.07) is 8.69. The number of rotatable bonds is 2. The standard InChI is InChI=1S/C8H10N.2CH3.Al/c1-9(2)8-6-4-3-5-7-8;;;/h3-6H,1-2H3;2*1H3;. The normalized spacial score (nSPS) is 9.67. The van der Waals surface area contributed by atoms with Gasteiger partial charge < -0.3 is 4.90 Å². The van der Waals surface area contributed by atoms with Gasteiger partial charge in [0.15, 0.2) is 0 Å². The minimum Gasteiger partial charge on any atom is -0.379 e. The van der Waals surface area contributed by atoms with E-state index < -0.39 is 14.1 Å². The first-order chi connectivity index (χ1) is 5.63. The Morgan fingerprint density at radius 3 is 2.08 bits per heavy atom. The Bertz CT molecular complexity index is 229. The van der Waals surface area contributed by atoms with Crippen LogP contribution < -0.4 is 9.33 Å². The van der Waals surface area contributed by atoms with Crippen molar-refractivity contribution >= 4 is 24.3 Å². The first kappa shape index (κ1) is 9.64. The molecule has 1 nitrogen and oxygen atoms in total. The molecule has 0 aromatic heterocycles. The summed E-state index contributed by atoms with van der Waals surface area (Å²) in [4.78, 5) is 2.20. The van der Waals surface area contributed by atoms with Crippen molar-refractivity contribution in [1.82, 2.24) is 0 Å². The summed E-state index contributed by atoms with van der Waals surface area (Å²) in [6.07, 6.45) is 0. The Labute approximate surface area is 79.4 Å². The maximum atomic E-state index is 2.36. The molecule has 0 amide bonds. The summed E-state index contributed by atoms with van der Waals surface area (Å²) in [5.74, 6) is 4.73. The lowest BCUT2D eigenvalue weighted by atomic mass is 10.3. The van der Waals surface area contributed by atoms with E-state index in [1.807, 2.05) is 0 Å². The van der Waals surface area contributed by atoms with Gasteiger partial charge in [-0.3, -0.25) is 0 Å². The molecular weight excluding hydrogens is 161 g/mol. The molecule has 0 atom stereocenters. The van der Waals surface area contributed by atoms with E-state index in [0.717, 1.165) is 0 Å². The van der Waals surface area contributed by atoms with Crippen molar-refractivity contribution in [2.45, 2.75) is 11.6 Å². The molecule has 0 saturated carbocycles. The van der Waals surface area contributed by atoms with Crippen LogP contribution in [0.3, 0.4) is 0 Å². The minimum absolute atomic E-state index is 0.666. The van der Waals surface area contributed by atoms with E-state index in [2.05, 4.69) is 54.8 Å². The van der Waals surface area contributed by atoms with E-state index in [9.17, 15) is 0 Å². The molecule has 12 heavy (non-hydrogen) atoms. The van der Waals surface area contributed by atoms with Crippen LogP contribution in [0.2, 0.25) is 11.6 Å². The molecule has 0 saturated heterocycles. The predicted octanol–water partition coefficient (Wildman–Crippen LogP) is 1.71. The quantitative estimate of drug-likeness (QED) is 0.622. The second-order valence-electron chi connectivity index (χ2n) is 3.61. The van der Waals surface area contributed by atoms with Gasteiger partial charge in [0.1, 0.15) is 0 Å². The molecule has 2 heteroatoms. The Morgan fingerprint density at radius 2 is 1.67 bits per heavy atom. The maximum Gasteiger partial charge on any atom is 0.302 e. The van der Waals surface area contributed by atoms with Gasteiger partial charge in [-0.15, -0.1) is 11.6 Å². The Balaban J connectivity index is 3.09. The summed E-state index contributed by atoms with van der Waals surface area (Å²) in [7, 11) is 4.21. The fourth-order valence-electron chi connectivity index (χ4n) is 1.38. The predicted molar refractivity (Wildman–Crippen MR) is 57.9 cm³/mol. The van der Waals surface area contributed by atoms with Gasteiger partial charge in [0, 0.05) is 19.8 Å². The summed E-state index contributed by atoms with van der Waals surface area (Å²) in [5, 5.41) is 0. The van der Waals surface area contributed by atoms with Crippen molar-refractivity contribution in [2.75, 3.05) is 19.0 Å². The van der Waals surface area contributed by atoms with Gasteiger partial charge in [0.2, 0.25) is 0 Å². The SMILES string of the molecule is CN(C)c1cccc[c]1[Al]([CH3])[CH3]. The maximum absolute atomic E-state index is 2.36. The second-order valence-corrected chi connectivity index (χ2v) is 6.54. The third-order valence-corrected chi connectivity index (χ3v) is 3.77. The third kappa shape index (κ3) is 2.03. The van der Waals surface area contributed by atoms with E-state index in [1.165, 1.54) is 5.69 Å². The molecule has 0 spiro atoms. The van der Waals surface area contributed by atoms with E-state index >= 15 is 0 Å². The molecule has 1 aromatic carbocycles. The Morgan fingerprint density at radius 1 is 1.08 bits per heavy atom. The van der Waals surface area contributed by atoms with E-state index in [-0.39, 0.29) is 0 Å². The van der Waals surface area contributed by atoms with Crippen LogP contribution in [0.15, 0.2) is 24.3 Å². The Kier molecular flexibility index (Phi) is 3.20. The zero-order valence-electron chi connectivity index (χ0n) is 8.33. The van der Waals surface area contributed by atoms with Crippen LogP contribution in [0.25, 0.3) is 0 Å². The highest BCUT2D eigenvalue weighted by Gasteiger charge is 2.10. The molecule has 0 heterocycles. The van der Waals surface area contributed by atoms with Crippen molar-refractivity contribution < 1.29 is 0 Å². The minimum atomic E-state index is -0.666. The lowest BCUT2D eigenvalue weighted by molar-refractivity contribution is 1.14. The molecule has 0 aliphatic rings. The topological polar surface area (TPSA) is 3.24 Å². The van der Waals surface area contributed by atoms with Crippen LogP contribution in [0.5, 0.6) is 0 Å². The largest absolute Gasteiger partial charge is 0.379 e. The second kappa shape index (κ2) is 3.98. The average Bonchev–Trinajstić information content (AvgIpc) is 2.04. The Hall–Kier alpha value is -0.448. The highest BCUT2D eigenvalue weighted by atomic mass is 27.2. The van der Waals surface area contributed by atoms with Gasteiger partial charge in [-0.25, -0.2) is 0 Å². The van der Waals surface area contributed by atoms with E-state index in [4.69, 9.17) is 0 Å². The monoisotopic (exact) mass is 177 g/mol. The molecule has 0 aliphatic heterocycles. The van der Waals surface area contributed by atoms with Gasteiger partial charge in [-0.2, -0.15) is 0 Å². The fraction of sp³-hybridized carbons (Fsp3) is 0.400. The van der Waals surface area contributed by atoms with Crippen LogP contribution >= 0.6 is 0 Å². The third-order valence-electron chi connectivity index (χ3n) is 2.04. The van der Waals surface area contributed by atoms with Gasteiger partial charge >= 0.3 is 14.1 Å². The van der Waals surface area contributed by atoms with Crippen molar-refractivity contribution in [1.29, 1.82) is 0 Å². The first-order valence-electron chi connectivity index (χ1n) is 4.39. The molecule has 0 fully saturated rings. The van der Waals surface area contributed by atoms with Gasteiger partial charge in [0.25, 0.3) is 0 Å². The zero-order chi connectivity index (χ0) is 9.14. The van der Waals surface area contributed by atoms with Crippen LogP contribution in [-0.2, 0) is 0 Å². The van der Waals surface area contributed by atoms with Gasteiger partial charge in [-0.05, 0) is 6.07 Å². The number of para-hydroxylation sites is 1. The molecule has 0 N–H and O–H groups in total. The lowest BCUT2D eigenvalue weighted by Crippen LogP contribution is -2.29. The number of benzene rings is 1. The number of nitrogens with zero attached hydrogens (tertiary/aromatic N) is 1. The molecule has 1 rings (SSSR count). The summed E-state index contributed by atoms with van der Waals surface area (Å²) >= 11 is -0.666. The molecule has 0 aliphatic carbocycles. The zero-order valence-corrected chi connectivity index (χ0v) is 9.49. The molecule has 1 aromatic rings. The van der Waals surface area contributed by atoms with E-state index in [1.54, 1.807) is 4.43 Å². The molecule has 0 radical (unpaired) electrons. The van der Waals surface area contributed by atoms with Gasteiger partial charge in [0.05, 0.1) is 0 Å². The smallest absolute Gasteiger partial charge is 0.302 e. The van der Waals surface area contributed by atoms with Crippen LogP contribution in [0.4, 0.5) is 5.69 Å². The van der Waals surface area contributed by atoms with Crippen molar-refractivity contribution in [2.24, 2.45) is 0 Å². The fourth-order valence-corrected chi connectivity index (χ4v) is 2.82. The first-order valence-corrected chi connectivity index (χ1v) is 7.28. The van der Waals surface area contributed by atoms with Crippen molar-refractivity contribution in [3.8, 4) is 0 Å². The number of hydrogen-bond donors (Lipinski definition) is 0. The lowest BCUT2D eigenvalue weighted by Gasteiger charge is -2.18. The molecule has 0 unspecified atom stereocenters. The summed E-state index contributed by atoms with van der Waals surface area (Å²) in [6.45, 7) is 0. The van der Waals surface area contributed by atoms with Crippen LogP contribution in [0, 0.1) is 0 Å². The van der Waals surface area contributed by atoms with Crippen LogP contribution in [0.1, 0.15) is 0 Å². The van der Waals surface area contributed by atoms with Crippen LogP contribution in [-0.4, -0.2) is 28.2 Å².